The van der Waals surface area contributed by atoms with Crippen LogP contribution in [-0.2, 0) is 26.2 Å². The van der Waals surface area contributed by atoms with Gasteiger partial charge in [0, 0.05) is 23.2 Å². The van der Waals surface area contributed by atoms with Crippen molar-refractivity contribution in [3.63, 3.8) is 0 Å². The number of rotatable bonds is 12. The molecule has 0 saturated carbocycles. The monoisotopic (exact) mass is 615 g/mol. The maximum atomic E-state index is 14.1. The summed E-state index contributed by atoms with van der Waals surface area (Å²) in [6.45, 7) is 6.94. The molecule has 3 aromatic carbocycles. The van der Waals surface area contributed by atoms with Gasteiger partial charge in [-0.1, -0.05) is 48.9 Å². The van der Waals surface area contributed by atoms with Crippen molar-refractivity contribution in [2.45, 2.75) is 57.1 Å². The molecule has 11 heteroatoms. The molecule has 0 aliphatic carbocycles. The van der Waals surface area contributed by atoms with E-state index in [2.05, 4.69) is 5.32 Å². The molecule has 42 heavy (non-hydrogen) atoms. The average molecular weight is 616 g/mol. The van der Waals surface area contributed by atoms with Crippen LogP contribution in [-0.4, -0.2) is 57.5 Å². The Hall–Kier alpha value is -3.76. The minimum Gasteiger partial charge on any atom is -0.493 e. The van der Waals surface area contributed by atoms with Gasteiger partial charge >= 0.3 is 0 Å². The lowest BCUT2D eigenvalue weighted by Gasteiger charge is -2.34. The molecular weight excluding hydrogens is 578 g/mol. The number of halogens is 1. The maximum absolute atomic E-state index is 14.1. The molecule has 0 fully saturated rings. The number of benzene rings is 3. The van der Waals surface area contributed by atoms with Crippen molar-refractivity contribution in [2.24, 2.45) is 0 Å². The Balaban J connectivity index is 2.09. The zero-order valence-electron chi connectivity index (χ0n) is 24.8. The lowest BCUT2D eigenvalue weighted by molar-refractivity contribution is -0.141. The number of hydrogen-bond donors (Lipinski definition) is 1. The molecule has 0 unspecified atom stereocenters. The molecule has 0 aromatic heterocycles. The number of anilines is 1. The zero-order valence-corrected chi connectivity index (χ0v) is 26.3. The Morgan fingerprint density at radius 2 is 1.55 bits per heavy atom. The van der Waals surface area contributed by atoms with E-state index in [1.165, 1.54) is 49.5 Å². The van der Waals surface area contributed by atoms with Gasteiger partial charge in [-0.25, -0.2) is 8.42 Å². The van der Waals surface area contributed by atoms with Crippen molar-refractivity contribution in [3.05, 3.63) is 83.4 Å². The summed E-state index contributed by atoms with van der Waals surface area (Å²) in [6, 6.07) is 18.8. The second-order valence-electron chi connectivity index (χ2n) is 10.7. The first-order chi connectivity index (χ1) is 19.8. The van der Waals surface area contributed by atoms with Crippen LogP contribution in [0.3, 0.4) is 0 Å². The van der Waals surface area contributed by atoms with Crippen LogP contribution >= 0.6 is 11.6 Å². The second-order valence-corrected chi connectivity index (χ2v) is 13.0. The van der Waals surface area contributed by atoms with Crippen LogP contribution in [0.1, 0.15) is 39.7 Å². The zero-order chi connectivity index (χ0) is 31.1. The molecule has 0 aliphatic heterocycles. The van der Waals surface area contributed by atoms with E-state index in [1.54, 1.807) is 12.1 Å². The number of nitrogens with zero attached hydrogens (tertiary/aromatic N) is 2. The van der Waals surface area contributed by atoms with Gasteiger partial charge in [0.15, 0.2) is 11.5 Å². The van der Waals surface area contributed by atoms with Gasteiger partial charge in [-0.3, -0.25) is 13.9 Å². The Morgan fingerprint density at radius 1 is 0.929 bits per heavy atom. The summed E-state index contributed by atoms with van der Waals surface area (Å²) < 4.78 is 39.8. The van der Waals surface area contributed by atoms with Gasteiger partial charge in [0.25, 0.3) is 10.0 Å². The predicted molar refractivity (Wildman–Crippen MR) is 164 cm³/mol. The molecule has 0 aliphatic rings. The van der Waals surface area contributed by atoms with Crippen molar-refractivity contribution in [2.75, 3.05) is 25.1 Å². The molecule has 0 bridgehead atoms. The minimum absolute atomic E-state index is 0.102. The van der Waals surface area contributed by atoms with Crippen LogP contribution in [0.15, 0.2) is 77.7 Å². The summed E-state index contributed by atoms with van der Waals surface area (Å²) >= 11 is 6.10. The fourth-order valence-corrected chi connectivity index (χ4v) is 5.95. The number of carbonyl (C=O) groups excluding carboxylic acids is 2. The van der Waals surface area contributed by atoms with Crippen molar-refractivity contribution in [1.29, 1.82) is 0 Å². The van der Waals surface area contributed by atoms with Gasteiger partial charge in [-0.15, -0.1) is 0 Å². The van der Waals surface area contributed by atoms with E-state index in [1.807, 2.05) is 58.0 Å². The van der Waals surface area contributed by atoms with Crippen LogP contribution in [0.5, 0.6) is 11.5 Å². The topological polar surface area (TPSA) is 105 Å². The highest BCUT2D eigenvalue weighted by Crippen LogP contribution is 2.33. The number of ether oxygens (including phenoxy) is 2. The fourth-order valence-electron chi connectivity index (χ4n) is 4.39. The Labute approximate surface area is 253 Å². The van der Waals surface area contributed by atoms with Crippen LogP contribution in [0.4, 0.5) is 5.69 Å². The molecule has 1 N–H and O–H groups in total. The molecule has 1 atom stereocenters. The van der Waals surface area contributed by atoms with Crippen molar-refractivity contribution < 1.29 is 27.5 Å². The Kier molecular flexibility index (Phi) is 10.9. The van der Waals surface area contributed by atoms with Gasteiger partial charge in [0.2, 0.25) is 11.8 Å². The van der Waals surface area contributed by atoms with Crippen LogP contribution in [0, 0.1) is 0 Å². The summed E-state index contributed by atoms with van der Waals surface area (Å²) in [6.07, 6.45) is 0.323. The summed E-state index contributed by atoms with van der Waals surface area (Å²) in [5.41, 5.74) is 0.501. The molecule has 2 amide bonds. The largest absolute Gasteiger partial charge is 0.493 e. The van der Waals surface area contributed by atoms with Gasteiger partial charge in [-0.05, 0) is 69.2 Å². The molecule has 0 heterocycles. The highest BCUT2D eigenvalue weighted by atomic mass is 35.5. The smallest absolute Gasteiger partial charge is 0.264 e. The van der Waals surface area contributed by atoms with Crippen LogP contribution in [0.25, 0.3) is 0 Å². The number of sulfonamides is 1. The first kappa shape index (κ1) is 32.8. The standard InChI is InChI=1S/C31H38ClN3O6S/c1-7-26(30(37)33-31(2,3)4)34(20-22-11-9-8-10-12-22)29(36)21-35(24-15-13-23(32)14-16-24)42(38,39)25-17-18-27(40-5)28(19-25)41-6/h8-19,26H,7,20-21H2,1-6H3,(H,33,37)/t26-/m1/s1. The Bertz CT molecular complexity index is 1470. The molecule has 0 radical (unpaired) electrons. The van der Waals surface area contributed by atoms with Gasteiger partial charge in [0.1, 0.15) is 12.6 Å². The van der Waals surface area contributed by atoms with Crippen LogP contribution < -0.4 is 19.1 Å². The van der Waals surface area contributed by atoms with E-state index in [-0.39, 0.29) is 28.8 Å². The molecule has 226 valence electrons. The van der Waals surface area contributed by atoms with Crippen molar-refractivity contribution in [3.8, 4) is 11.5 Å². The first-order valence-corrected chi connectivity index (χ1v) is 15.3. The van der Waals surface area contributed by atoms with E-state index < -0.39 is 34.1 Å². The maximum Gasteiger partial charge on any atom is 0.264 e. The fraction of sp³-hybridized carbons (Fsp3) is 0.355. The SMILES string of the molecule is CC[C@H](C(=O)NC(C)(C)C)N(Cc1ccccc1)C(=O)CN(c1ccc(Cl)cc1)S(=O)(=O)c1ccc(OC)c(OC)c1. The molecule has 3 rings (SSSR count). The number of hydrogen-bond acceptors (Lipinski definition) is 6. The van der Waals surface area contributed by atoms with Crippen molar-refractivity contribution >= 4 is 39.1 Å². The highest BCUT2D eigenvalue weighted by molar-refractivity contribution is 7.92. The molecular formula is C31H38ClN3O6S. The highest BCUT2D eigenvalue weighted by Gasteiger charge is 2.35. The average Bonchev–Trinajstić information content (AvgIpc) is 2.95. The second kappa shape index (κ2) is 13.9. The third kappa shape index (κ3) is 8.17. The lowest BCUT2D eigenvalue weighted by atomic mass is 10.1. The Morgan fingerprint density at radius 3 is 2.10 bits per heavy atom. The third-order valence-electron chi connectivity index (χ3n) is 6.42. The van der Waals surface area contributed by atoms with Crippen LogP contribution in [0.2, 0.25) is 5.02 Å². The number of carbonyl (C=O) groups is 2. The summed E-state index contributed by atoms with van der Waals surface area (Å²) in [5.74, 6) is -0.296. The molecule has 0 saturated heterocycles. The van der Waals surface area contributed by atoms with E-state index >= 15 is 0 Å². The third-order valence-corrected chi connectivity index (χ3v) is 8.44. The number of amides is 2. The first-order valence-electron chi connectivity index (χ1n) is 13.5. The van der Waals surface area contributed by atoms with E-state index in [0.717, 1.165) is 9.87 Å². The van der Waals surface area contributed by atoms with Crippen molar-refractivity contribution in [1.82, 2.24) is 10.2 Å². The summed E-state index contributed by atoms with van der Waals surface area (Å²) in [7, 11) is -1.44. The van der Waals surface area contributed by atoms with Gasteiger partial charge in [-0.2, -0.15) is 0 Å². The normalized spacial score (nSPS) is 12.3. The summed E-state index contributed by atoms with van der Waals surface area (Å²) in [5, 5.41) is 3.36. The molecule has 9 nitrogen and oxygen atoms in total. The van der Waals surface area contributed by atoms with Gasteiger partial charge in [0.05, 0.1) is 24.8 Å². The predicted octanol–water partition coefficient (Wildman–Crippen LogP) is 5.27. The summed E-state index contributed by atoms with van der Waals surface area (Å²) in [4.78, 5) is 28.9. The van der Waals surface area contributed by atoms with E-state index in [4.69, 9.17) is 21.1 Å². The number of nitrogens with one attached hydrogen (secondary N) is 1. The van der Waals surface area contributed by atoms with E-state index in [0.29, 0.717) is 17.2 Å². The molecule has 3 aromatic rings. The quantitative estimate of drug-likeness (QED) is 0.297. The molecule has 0 spiro atoms. The number of methoxy groups -OCH3 is 2. The van der Waals surface area contributed by atoms with Gasteiger partial charge < -0.3 is 19.7 Å². The van der Waals surface area contributed by atoms with E-state index in [9.17, 15) is 18.0 Å². The minimum atomic E-state index is -4.30. The lowest BCUT2D eigenvalue weighted by Crippen LogP contribution is -2.55.